The van der Waals surface area contributed by atoms with Crippen LogP contribution in [0.25, 0.3) is 6.08 Å². The van der Waals surface area contributed by atoms with Gasteiger partial charge in [0.25, 0.3) is 0 Å². The molecule has 0 fully saturated rings. The van der Waals surface area contributed by atoms with Gasteiger partial charge in [0.1, 0.15) is 0 Å². The van der Waals surface area contributed by atoms with Crippen molar-refractivity contribution in [1.29, 1.82) is 0 Å². The van der Waals surface area contributed by atoms with Crippen molar-refractivity contribution in [2.24, 2.45) is 0 Å². The van der Waals surface area contributed by atoms with Crippen LogP contribution in [-0.4, -0.2) is 5.11 Å². The van der Waals surface area contributed by atoms with Gasteiger partial charge in [-0.05, 0) is 18.1 Å². The van der Waals surface area contributed by atoms with Gasteiger partial charge in [0, 0.05) is 0 Å². The number of aliphatic hydroxyl groups excluding tert-OH is 1. The van der Waals surface area contributed by atoms with Crippen LogP contribution in [0.1, 0.15) is 18.1 Å². The lowest BCUT2D eigenvalue weighted by Gasteiger charge is -1.96. The molecule has 1 rings (SSSR count). The monoisotopic (exact) mass is 174 g/mol. The molecule has 0 spiro atoms. The molecule has 0 aliphatic rings. The first kappa shape index (κ1) is 9.75. The largest absolute Gasteiger partial charge is 0.392 e. The average molecular weight is 174 g/mol. The van der Waals surface area contributed by atoms with Crippen LogP contribution >= 0.6 is 0 Å². The third-order valence-corrected chi connectivity index (χ3v) is 1.72. The van der Waals surface area contributed by atoms with Crippen molar-refractivity contribution in [3.8, 4) is 0 Å². The molecule has 0 aliphatic carbocycles. The van der Waals surface area contributed by atoms with Gasteiger partial charge in [0.15, 0.2) is 0 Å². The van der Waals surface area contributed by atoms with Crippen molar-refractivity contribution in [2.75, 3.05) is 0 Å². The third-order valence-electron chi connectivity index (χ3n) is 1.72. The Labute approximate surface area is 79.0 Å². The number of aliphatic hydroxyl groups is 1. The Morgan fingerprint density at radius 1 is 1.38 bits per heavy atom. The molecule has 13 heavy (non-hydrogen) atoms. The van der Waals surface area contributed by atoms with Crippen molar-refractivity contribution in [1.82, 2.24) is 0 Å². The molecule has 0 heterocycles. The molecule has 1 aromatic rings. The third kappa shape index (κ3) is 3.26. The maximum atomic E-state index is 8.81. The Balaban J connectivity index is 2.75. The second kappa shape index (κ2) is 4.63. The molecule has 0 saturated carbocycles. The molecule has 0 aliphatic heterocycles. The summed E-state index contributed by atoms with van der Waals surface area (Å²) in [6.07, 6.45) is 3.97. The van der Waals surface area contributed by atoms with E-state index in [4.69, 9.17) is 5.11 Å². The Morgan fingerprint density at radius 2 is 2.00 bits per heavy atom. The van der Waals surface area contributed by atoms with Gasteiger partial charge in [-0.3, -0.25) is 0 Å². The molecule has 0 radical (unpaired) electrons. The fourth-order valence-electron chi connectivity index (χ4n) is 0.973. The molecule has 0 unspecified atom stereocenters. The van der Waals surface area contributed by atoms with Crippen LogP contribution in [0, 0.1) is 0 Å². The van der Waals surface area contributed by atoms with Crippen LogP contribution in [-0.2, 0) is 6.61 Å². The van der Waals surface area contributed by atoms with E-state index in [1.807, 2.05) is 43.3 Å². The van der Waals surface area contributed by atoms with Crippen LogP contribution < -0.4 is 0 Å². The maximum Gasteiger partial charge on any atom is 0.0681 e. The molecule has 0 saturated heterocycles. The molecule has 0 bridgehead atoms. The molecule has 1 heteroatoms. The number of benzene rings is 1. The molecule has 1 N–H and O–H groups in total. The minimum atomic E-state index is 0.102. The average Bonchev–Trinajstić information content (AvgIpc) is 2.15. The Kier molecular flexibility index (Phi) is 3.47. The summed E-state index contributed by atoms with van der Waals surface area (Å²) >= 11 is 0. The minimum Gasteiger partial charge on any atom is -0.392 e. The van der Waals surface area contributed by atoms with Crippen molar-refractivity contribution in [3.63, 3.8) is 0 Å². The summed E-state index contributed by atoms with van der Waals surface area (Å²) in [6, 6.07) is 7.78. The van der Waals surface area contributed by atoms with Crippen LogP contribution in [0.4, 0.5) is 0 Å². The predicted octanol–water partition coefficient (Wildman–Crippen LogP) is 2.77. The van der Waals surface area contributed by atoms with Gasteiger partial charge in [-0.25, -0.2) is 0 Å². The highest BCUT2D eigenvalue weighted by Gasteiger charge is 1.89. The van der Waals surface area contributed by atoms with Crippen molar-refractivity contribution >= 4 is 6.08 Å². The first-order chi connectivity index (χ1) is 6.22. The lowest BCUT2D eigenvalue weighted by atomic mass is 10.1. The zero-order chi connectivity index (χ0) is 9.68. The van der Waals surface area contributed by atoms with E-state index in [9.17, 15) is 0 Å². The highest BCUT2D eigenvalue weighted by Crippen LogP contribution is 2.07. The Hall–Kier alpha value is -1.34. The van der Waals surface area contributed by atoms with Crippen LogP contribution in [0.15, 0.2) is 42.5 Å². The number of hydrogen-bond donors (Lipinski definition) is 1. The van der Waals surface area contributed by atoms with Crippen LogP contribution in [0.5, 0.6) is 0 Å². The van der Waals surface area contributed by atoms with Gasteiger partial charge in [0.05, 0.1) is 6.61 Å². The summed E-state index contributed by atoms with van der Waals surface area (Å²) in [5, 5.41) is 8.81. The summed E-state index contributed by atoms with van der Waals surface area (Å²) < 4.78 is 0. The zero-order valence-corrected chi connectivity index (χ0v) is 7.83. The molecule has 68 valence electrons. The SMILES string of the molecule is C=C(C)C=Cc1ccc(CO)cc1. The van der Waals surface area contributed by atoms with E-state index >= 15 is 0 Å². The zero-order valence-electron chi connectivity index (χ0n) is 7.83. The maximum absolute atomic E-state index is 8.81. The fourth-order valence-corrected chi connectivity index (χ4v) is 0.973. The molecule has 0 amide bonds. The van der Waals surface area contributed by atoms with Gasteiger partial charge in [-0.2, -0.15) is 0 Å². The van der Waals surface area contributed by atoms with Crippen LogP contribution in [0.3, 0.4) is 0 Å². The lowest BCUT2D eigenvalue weighted by Crippen LogP contribution is -1.81. The van der Waals surface area contributed by atoms with E-state index in [0.29, 0.717) is 0 Å². The highest BCUT2D eigenvalue weighted by molar-refractivity contribution is 5.52. The number of allylic oxidation sites excluding steroid dienone is 2. The smallest absolute Gasteiger partial charge is 0.0681 e. The number of hydrogen-bond acceptors (Lipinski definition) is 1. The molecular formula is C12H14O. The van der Waals surface area contributed by atoms with Gasteiger partial charge >= 0.3 is 0 Å². The topological polar surface area (TPSA) is 20.2 Å². The van der Waals surface area contributed by atoms with E-state index in [1.54, 1.807) is 0 Å². The van der Waals surface area contributed by atoms with E-state index in [2.05, 4.69) is 6.58 Å². The summed E-state index contributed by atoms with van der Waals surface area (Å²) in [5.41, 5.74) is 3.10. The van der Waals surface area contributed by atoms with Gasteiger partial charge in [-0.15, -0.1) is 0 Å². The van der Waals surface area contributed by atoms with Gasteiger partial charge in [-0.1, -0.05) is 48.6 Å². The second-order valence-corrected chi connectivity index (χ2v) is 3.08. The van der Waals surface area contributed by atoms with E-state index < -0.39 is 0 Å². The highest BCUT2D eigenvalue weighted by atomic mass is 16.3. The predicted molar refractivity (Wildman–Crippen MR) is 56.2 cm³/mol. The Morgan fingerprint density at radius 3 is 2.46 bits per heavy atom. The van der Waals surface area contributed by atoms with Crippen LogP contribution in [0.2, 0.25) is 0 Å². The van der Waals surface area contributed by atoms with E-state index in [-0.39, 0.29) is 6.61 Å². The first-order valence-electron chi connectivity index (χ1n) is 4.26. The van der Waals surface area contributed by atoms with Gasteiger partial charge < -0.3 is 5.11 Å². The molecule has 0 aromatic heterocycles. The second-order valence-electron chi connectivity index (χ2n) is 3.08. The van der Waals surface area contributed by atoms with Crippen molar-refractivity contribution < 1.29 is 5.11 Å². The van der Waals surface area contributed by atoms with Crippen molar-refractivity contribution in [3.05, 3.63) is 53.6 Å². The molecule has 1 aromatic carbocycles. The summed E-state index contributed by atoms with van der Waals surface area (Å²) in [4.78, 5) is 0. The summed E-state index contributed by atoms with van der Waals surface area (Å²) in [5.74, 6) is 0. The Bertz CT molecular complexity index is 306. The van der Waals surface area contributed by atoms with Crippen molar-refractivity contribution in [2.45, 2.75) is 13.5 Å². The summed E-state index contributed by atoms with van der Waals surface area (Å²) in [7, 11) is 0. The lowest BCUT2D eigenvalue weighted by molar-refractivity contribution is 0.282. The molecular weight excluding hydrogens is 160 g/mol. The normalized spacial score (nSPS) is 10.6. The first-order valence-corrected chi connectivity index (χ1v) is 4.26. The fraction of sp³-hybridized carbons (Fsp3) is 0.167. The van der Waals surface area contributed by atoms with E-state index in [0.717, 1.165) is 16.7 Å². The quantitative estimate of drug-likeness (QED) is 0.698. The molecule has 1 nitrogen and oxygen atoms in total. The minimum absolute atomic E-state index is 0.102. The van der Waals surface area contributed by atoms with Gasteiger partial charge in [0.2, 0.25) is 0 Å². The summed E-state index contributed by atoms with van der Waals surface area (Å²) in [6.45, 7) is 5.84. The number of rotatable bonds is 3. The van der Waals surface area contributed by atoms with E-state index in [1.165, 1.54) is 0 Å². The standard InChI is InChI=1S/C12H14O/c1-10(2)3-4-11-5-7-12(9-13)8-6-11/h3-8,13H,1,9H2,2H3. The molecule has 0 atom stereocenters.